The van der Waals surface area contributed by atoms with Crippen molar-refractivity contribution in [1.82, 2.24) is 9.71 Å². The second-order valence-electron chi connectivity index (χ2n) is 5.59. The number of sulfonamides is 1. The molecule has 0 spiro atoms. The molecule has 21 heavy (non-hydrogen) atoms. The molecule has 2 aromatic rings. The second kappa shape index (κ2) is 6.05. The molecule has 0 saturated heterocycles. The molecule has 5 N–H and O–H groups in total. The summed E-state index contributed by atoms with van der Waals surface area (Å²) in [4.78, 5) is 3.07. The Kier molecular flexibility index (Phi) is 4.55. The topological polar surface area (TPSA) is 108 Å². The molecule has 0 fully saturated rings. The van der Waals surface area contributed by atoms with E-state index in [0.29, 0.717) is 23.0 Å². The average molecular weight is 311 g/mol. The number of nitrogens with one attached hydrogen (secondary N) is 2. The molecule has 1 atom stereocenters. The number of benzene rings is 1. The lowest BCUT2D eigenvalue weighted by atomic mass is 10.1. The van der Waals surface area contributed by atoms with Gasteiger partial charge in [0, 0.05) is 28.8 Å². The van der Waals surface area contributed by atoms with E-state index >= 15 is 0 Å². The van der Waals surface area contributed by atoms with Crippen LogP contribution in [0.3, 0.4) is 0 Å². The average Bonchev–Trinajstić information content (AvgIpc) is 2.80. The highest BCUT2D eigenvalue weighted by Gasteiger charge is 2.23. The predicted octanol–water partition coefficient (Wildman–Crippen LogP) is 1.44. The summed E-state index contributed by atoms with van der Waals surface area (Å²) in [5.74, 6) is 0.285. The SMILES string of the molecule is CC(C)CC(CO)NS(=O)(=O)c1c[nH]c2cc(N)ccc12. The summed E-state index contributed by atoms with van der Waals surface area (Å²) in [5.41, 5.74) is 6.91. The summed E-state index contributed by atoms with van der Waals surface area (Å²) in [6, 6.07) is 4.53. The summed E-state index contributed by atoms with van der Waals surface area (Å²) in [5, 5.41) is 9.92. The maximum atomic E-state index is 12.5. The fourth-order valence-electron chi connectivity index (χ4n) is 2.35. The van der Waals surface area contributed by atoms with Crippen molar-refractivity contribution in [3.63, 3.8) is 0 Å². The van der Waals surface area contributed by atoms with Gasteiger partial charge < -0.3 is 15.8 Å². The Morgan fingerprint density at radius 1 is 1.38 bits per heavy atom. The van der Waals surface area contributed by atoms with E-state index in [2.05, 4.69) is 9.71 Å². The summed E-state index contributed by atoms with van der Waals surface area (Å²) in [6.07, 6.45) is 2.02. The maximum Gasteiger partial charge on any atom is 0.243 e. The van der Waals surface area contributed by atoms with Crippen molar-refractivity contribution in [2.45, 2.75) is 31.2 Å². The fraction of sp³-hybridized carbons (Fsp3) is 0.429. The lowest BCUT2D eigenvalue weighted by Gasteiger charge is -2.18. The lowest BCUT2D eigenvalue weighted by molar-refractivity contribution is 0.240. The van der Waals surface area contributed by atoms with E-state index in [-0.39, 0.29) is 17.4 Å². The van der Waals surface area contributed by atoms with Crippen LogP contribution in [0.2, 0.25) is 0 Å². The molecule has 0 aliphatic rings. The number of fused-ring (bicyclic) bond motifs is 1. The Labute approximate surface area is 124 Å². The van der Waals surface area contributed by atoms with Crippen LogP contribution in [0.4, 0.5) is 5.69 Å². The fourth-order valence-corrected chi connectivity index (χ4v) is 3.77. The Bertz CT molecular complexity index is 722. The number of aromatic nitrogens is 1. The second-order valence-corrected chi connectivity index (χ2v) is 7.27. The van der Waals surface area contributed by atoms with Crippen LogP contribution in [-0.4, -0.2) is 31.2 Å². The van der Waals surface area contributed by atoms with E-state index in [1.165, 1.54) is 6.20 Å². The van der Waals surface area contributed by atoms with Gasteiger partial charge in [-0.3, -0.25) is 0 Å². The van der Waals surface area contributed by atoms with Gasteiger partial charge in [0.15, 0.2) is 0 Å². The largest absolute Gasteiger partial charge is 0.399 e. The van der Waals surface area contributed by atoms with Crippen LogP contribution in [0.15, 0.2) is 29.3 Å². The van der Waals surface area contributed by atoms with Crippen molar-refractivity contribution >= 4 is 26.6 Å². The van der Waals surface area contributed by atoms with E-state index in [4.69, 9.17) is 5.73 Å². The number of aliphatic hydroxyl groups excluding tert-OH is 1. The maximum absolute atomic E-state index is 12.5. The first-order valence-corrected chi connectivity index (χ1v) is 8.31. The number of H-pyrrole nitrogens is 1. The molecule has 0 aliphatic heterocycles. The van der Waals surface area contributed by atoms with Gasteiger partial charge in [-0.1, -0.05) is 13.8 Å². The molecule has 6 nitrogen and oxygen atoms in total. The molecule has 0 bridgehead atoms. The lowest BCUT2D eigenvalue weighted by Crippen LogP contribution is -2.38. The van der Waals surface area contributed by atoms with Crippen LogP contribution in [0.5, 0.6) is 0 Å². The van der Waals surface area contributed by atoms with Crippen molar-refractivity contribution < 1.29 is 13.5 Å². The van der Waals surface area contributed by atoms with E-state index in [1.54, 1.807) is 18.2 Å². The molecule has 2 rings (SSSR count). The van der Waals surface area contributed by atoms with E-state index in [1.807, 2.05) is 13.8 Å². The van der Waals surface area contributed by atoms with Crippen molar-refractivity contribution in [3.8, 4) is 0 Å². The van der Waals surface area contributed by atoms with Gasteiger partial charge in [0.25, 0.3) is 0 Å². The van der Waals surface area contributed by atoms with Gasteiger partial charge in [0.1, 0.15) is 4.90 Å². The molecule has 1 aromatic heterocycles. The van der Waals surface area contributed by atoms with Crippen LogP contribution >= 0.6 is 0 Å². The van der Waals surface area contributed by atoms with Crippen LogP contribution in [0, 0.1) is 5.92 Å². The number of aromatic amines is 1. The molecule has 1 heterocycles. The molecule has 0 saturated carbocycles. The number of nitrogen functional groups attached to an aromatic ring is 1. The summed E-state index contributed by atoms with van der Waals surface area (Å²) >= 11 is 0. The van der Waals surface area contributed by atoms with E-state index in [9.17, 15) is 13.5 Å². The van der Waals surface area contributed by atoms with Crippen molar-refractivity contribution in [1.29, 1.82) is 0 Å². The van der Waals surface area contributed by atoms with E-state index in [0.717, 1.165) is 0 Å². The summed E-state index contributed by atoms with van der Waals surface area (Å²) < 4.78 is 27.5. The van der Waals surface area contributed by atoms with Gasteiger partial charge in [-0.2, -0.15) is 0 Å². The number of nitrogens with two attached hydrogens (primary N) is 1. The van der Waals surface area contributed by atoms with Gasteiger partial charge in [-0.05, 0) is 30.5 Å². The predicted molar refractivity (Wildman–Crippen MR) is 83.4 cm³/mol. The number of hydrogen-bond acceptors (Lipinski definition) is 4. The van der Waals surface area contributed by atoms with Gasteiger partial charge in [-0.15, -0.1) is 0 Å². The third-order valence-electron chi connectivity index (χ3n) is 3.26. The first-order chi connectivity index (χ1) is 9.83. The van der Waals surface area contributed by atoms with Gasteiger partial charge in [0.2, 0.25) is 10.0 Å². The minimum Gasteiger partial charge on any atom is -0.399 e. The van der Waals surface area contributed by atoms with Crippen LogP contribution < -0.4 is 10.5 Å². The Balaban J connectivity index is 2.33. The molecule has 0 aliphatic carbocycles. The zero-order chi connectivity index (χ0) is 15.6. The summed E-state index contributed by atoms with van der Waals surface area (Å²) in [6.45, 7) is 3.73. The monoisotopic (exact) mass is 311 g/mol. The standard InChI is InChI=1S/C14H21N3O3S/c1-9(2)5-11(8-18)17-21(19,20)14-7-16-13-6-10(15)3-4-12(13)14/h3-4,6-7,9,11,16-18H,5,8,15H2,1-2H3. The minimum absolute atomic E-state index is 0.166. The highest BCUT2D eigenvalue weighted by molar-refractivity contribution is 7.89. The molecule has 1 aromatic carbocycles. The van der Waals surface area contributed by atoms with Crippen LogP contribution in [-0.2, 0) is 10.0 Å². The normalized spacial score (nSPS) is 13.9. The van der Waals surface area contributed by atoms with Gasteiger partial charge >= 0.3 is 0 Å². The first-order valence-electron chi connectivity index (χ1n) is 6.83. The number of hydrogen-bond donors (Lipinski definition) is 4. The molecule has 116 valence electrons. The Morgan fingerprint density at radius 2 is 2.10 bits per heavy atom. The zero-order valence-corrected chi connectivity index (χ0v) is 12.9. The van der Waals surface area contributed by atoms with Crippen molar-refractivity contribution in [2.24, 2.45) is 5.92 Å². The van der Waals surface area contributed by atoms with Crippen molar-refractivity contribution in [2.75, 3.05) is 12.3 Å². The third kappa shape index (κ3) is 3.55. The molecule has 1 unspecified atom stereocenters. The molecule has 7 heteroatoms. The zero-order valence-electron chi connectivity index (χ0n) is 12.1. The van der Waals surface area contributed by atoms with E-state index < -0.39 is 16.1 Å². The quantitative estimate of drug-likeness (QED) is 0.605. The Morgan fingerprint density at radius 3 is 2.71 bits per heavy atom. The first kappa shape index (κ1) is 15.8. The minimum atomic E-state index is -3.70. The summed E-state index contributed by atoms with van der Waals surface area (Å²) in [7, 11) is -3.70. The van der Waals surface area contributed by atoms with Gasteiger partial charge in [-0.25, -0.2) is 13.1 Å². The number of aliphatic hydroxyl groups is 1. The van der Waals surface area contributed by atoms with Crippen LogP contribution in [0.1, 0.15) is 20.3 Å². The number of rotatable bonds is 6. The molecule has 0 amide bonds. The highest BCUT2D eigenvalue weighted by Crippen LogP contribution is 2.24. The molecular formula is C14H21N3O3S. The smallest absolute Gasteiger partial charge is 0.243 e. The van der Waals surface area contributed by atoms with Crippen LogP contribution in [0.25, 0.3) is 10.9 Å². The molecular weight excluding hydrogens is 290 g/mol. The Hall–Kier alpha value is -1.57. The number of anilines is 1. The highest BCUT2D eigenvalue weighted by atomic mass is 32.2. The molecule has 0 radical (unpaired) electrons. The van der Waals surface area contributed by atoms with Gasteiger partial charge in [0.05, 0.1) is 6.61 Å². The third-order valence-corrected chi connectivity index (χ3v) is 4.82. The van der Waals surface area contributed by atoms with Crippen molar-refractivity contribution in [3.05, 3.63) is 24.4 Å².